The summed E-state index contributed by atoms with van der Waals surface area (Å²) in [5.41, 5.74) is 1.64. The summed E-state index contributed by atoms with van der Waals surface area (Å²) in [4.78, 5) is 0. The summed E-state index contributed by atoms with van der Waals surface area (Å²) in [5, 5.41) is 0. The number of allylic oxidation sites excluding steroid dienone is 2. The molecule has 0 heterocycles. The molecule has 0 spiro atoms. The third-order valence-electron chi connectivity index (χ3n) is 2.55. The molecule has 0 N–H and O–H groups in total. The monoisotopic (exact) mass is 332 g/mol. The zero-order chi connectivity index (χ0) is 12.0. The Morgan fingerprint density at radius 1 is 1.13 bits per heavy atom. The number of rotatable bonds is 1. The van der Waals surface area contributed by atoms with Crippen LogP contribution in [0.3, 0.4) is 0 Å². The van der Waals surface area contributed by atoms with E-state index in [0.29, 0.717) is 0 Å². The topological polar surface area (TPSA) is 0 Å². The Bertz CT molecular complexity index is 192. The Kier molecular flexibility index (Phi) is 8.44. The van der Waals surface area contributed by atoms with Gasteiger partial charge in [-0.1, -0.05) is 0 Å². The van der Waals surface area contributed by atoms with Crippen LogP contribution >= 0.6 is 0 Å². The summed E-state index contributed by atoms with van der Waals surface area (Å²) in [6, 6.07) is 0. The fourth-order valence-electron chi connectivity index (χ4n) is 1.95. The Morgan fingerprint density at radius 3 is 1.93 bits per heavy atom. The van der Waals surface area contributed by atoms with Gasteiger partial charge in [-0.3, -0.25) is 0 Å². The van der Waals surface area contributed by atoms with Gasteiger partial charge in [-0.25, -0.2) is 0 Å². The molecule has 0 aromatic carbocycles. The van der Waals surface area contributed by atoms with Crippen molar-refractivity contribution in [1.29, 1.82) is 0 Å². The normalized spacial score (nSPS) is 26.1. The maximum absolute atomic E-state index is 2.55. The molecule has 2 radical (unpaired) electrons. The first-order valence-electron chi connectivity index (χ1n) is 6.07. The minimum atomic E-state index is -0.652. The van der Waals surface area contributed by atoms with Gasteiger partial charge in [0.25, 0.3) is 0 Å². The van der Waals surface area contributed by atoms with E-state index in [1.165, 1.54) is 12.8 Å². The summed E-state index contributed by atoms with van der Waals surface area (Å²) in [7, 11) is 0. The van der Waals surface area contributed by atoms with E-state index >= 15 is 0 Å². The van der Waals surface area contributed by atoms with Gasteiger partial charge < -0.3 is 0 Å². The average Bonchev–Trinajstić information content (AvgIpc) is 2.00. The van der Waals surface area contributed by atoms with Gasteiger partial charge in [0, 0.05) is 0 Å². The van der Waals surface area contributed by atoms with E-state index in [1.807, 2.05) is 0 Å². The molecule has 0 amide bonds. The van der Waals surface area contributed by atoms with Crippen LogP contribution in [0, 0.1) is 5.92 Å². The van der Waals surface area contributed by atoms with Crippen LogP contribution in [0.25, 0.3) is 0 Å². The first kappa shape index (κ1) is 15.8. The maximum atomic E-state index is 2.55. The fourth-order valence-corrected chi connectivity index (χ4v) is 5.08. The van der Waals surface area contributed by atoms with Crippen LogP contribution in [0.15, 0.2) is 11.6 Å². The molecule has 0 bridgehead atoms. The molecule has 0 aromatic rings. The molecule has 0 fully saturated rings. The number of hydrogen-bond donors (Lipinski definition) is 0. The van der Waals surface area contributed by atoms with E-state index in [4.69, 9.17) is 0 Å². The molecule has 1 aliphatic rings. The van der Waals surface area contributed by atoms with E-state index in [2.05, 4.69) is 48.7 Å². The van der Waals surface area contributed by atoms with Gasteiger partial charge in [0.15, 0.2) is 0 Å². The Balaban J connectivity index is 0.000000423. The summed E-state index contributed by atoms with van der Waals surface area (Å²) in [5.74, 6) is 12.9. The Labute approximate surface area is 106 Å². The van der Waals surface area contributed by atoms with Gasteiger partial charge in [0.05, 0.1) is 0 Å². The molecule has 2 atom stereocenters. The summed E-state index contributed by atoms with van der Waals surface area (Å²) < 4.78 is 1.01. The average molecular weight is 330 g/mol. The van der Waals surface area contributed by atoms with Crippen molar-refractivity contribution in [2.45, 2.75) is 60.2 Å². The van der Waals surface area contributed by atoms with Crippen molar-refractivity contribution in [3.8, 4) is 0 Å². The first-order valence-corrected chi connectivity index (χ1v) is 17.8. The predicted molar refractivity (Wildman–Crippen MR) is 76.7 cm³/mol. The zero-order valence-electron chi connectivity index (χ0n) is 11.6. The van der Waals surface area contributed by atoms with Crippen molar-refractivity contribution in [2.24, 2.45) is 5.92 Å². The second kappa shape index (κ2) is 8.00. The van der Waals surface area contributed by atoms with E-state index in [9.17, 15) is 0 Å². The molecule has 0 aliphatic heterocycles. The van der Waals surface area contributed by atoms with Gasteiger partial charge in [0.2, 0.25) is 0 Å². The second-order valence-corrected chi connectivity index (χ2v) is 18.1. The van der Waals surface area contributed by atoms with Gasteiger partial charge in [0.1, 0.15) is 0 Å². The standard InChI is InChI=1S/C10H19Ge.C3H9Ge/c1-8-5-9(2)7-10(6-8)11(3)4;1-4(2)3/h6,9-10H,5,7H2,1-4H3;1-3H3/t9-,10-;/m1./s1. The molecule has 2 heteroatoms. The van der Waals surface area contributed by atoms with Gasteiger partial charge in [-0.05, 0) is 0 Å². The Morgan fingerprint density at radius 2 is 1.60 bits per heavy atom. The molecule has 0 unspecified atom stereocenters. The molecule has 0 aromatic heterocycles. The van der Waals surface area contributed by atoms with Crippen molar-refractivity contribution in [3.63, 3.8) is 0 Å². The molecule has 0 nitrogen and oxygen atoms in total. The molecular weight excluding hydrogens is 301 g/mol. The predicted octanol–water partition coefficient (Wildman–Crippen LogP) is 4.86. The quantitative estimate of drug-likeness (QED) is 0.476. The zero-order valence-corrected chi connectivity index (χ0v) is 15.8. The molecule has 15 heavy (non-hydrogen) atoms. The molecular formula is C13H28Ge2. The van der Waals surface area contributed by atoms with Crippen molar-refractivity contribution in [1.82, 2.24) is 0 Å². The van der Waals surface area contributed by atoms with Crippen molar-refractivity contribution < 1.29 is 0 Å². The van der Waals surface area contributed by atoms with Crippen LogP contribution < -0.4 is 0 Å². The van der Waals surface area contributed by atoms with Crippen molar-refractivity contribution in [3.05, 3.63) is 11.6 Å². The van der Waals surface area contributed by atoms with Crippen LogP contribution in [0.5, 0.6) is 0 Å². The van der Waals surface area contributed by atoms with Gasteiger partial charge in [-0.15, -0.1) is 0 Å². The van der Waals surface area contributed by atoms with Gasteiger partial charge in [-0.2, -0.15) is 0 Å². The van der Waals surface area contributed by atoms with Crippen molar-refractivity contribution >= 4 is 28.7 Å². The summed E-state index contributed by atoms with van der Waals surface area (Å²) >= 11 is -0.985. The van der Waals surface area contributed by atoms with Crippen LogP contribution in [0.4, 0.5) is 0 Å². The summed E-state index contributed by atoms with van der Waals surface area (Å²) in [6.45, 7) is 4.69. The third kappa shape index (κ3) is 8.61. The second-order valence-electron chi connectivity index (χ2n) is 5.74. The minimum absolute atomic E-state index is 0.333. The summed E-state index contributed by atoms with van der Waals surface area (Å²) in [6.07, 6.45) is 5.37. The van der Waals surface area contributed by atoms with Crippen LogP contribution in [0.1, 0.15) is 26.7 Å². The Hall–Kier alpha value is 0.826. The SMILES string of the molecule is CC1=C[C@@H]([Ge]([CH3])[CH3])C[C@H](C)C1.[CH3][Ge]([CH3])[CH3]. The molecule has 0 saturated heterocycles. The van der Waals surface area contributed by atoms with Crippen LogP contribution in [-0.4, -0.2) is 28.7 Å². The van der Waals surface area contributed by atoms with Gasteiger partial charge >= 0.3 is 106 Å². The van der Waals surface area contributed by atoms with Crippen LogP contribution in [0.2, 0.25) is 33.5 Å². The third-order valence-corrected chi connectivity index (χ3v) is 6.51. The van der Waals surface area contributed by atoms with E-state index < -0.39 is 14.3 Å². The van der Waals surface area contributed by atoms with E-state index in [1.54, 1.807) is 5.57 Å². The molecule has 0 saturated carbocycles. The van der Waals surface area contributed by atoms with E-state index in [0.717, 1.165) is 10.7 Å². The van der Waals surface area contributed by atoms with E-state index in [-0.39, 0.29) is 14.3 Å². The fraction of sp³-hybridized carbons (Fsp3) is 0.846. The van der Waals surface area contributed by atoms with Crippen molar-refractivity contribution in [2.75, 3.05) is 0 Å². The molecule has 1 aliphatic carbocycles. The molecule has 1 rings (SSSR count). The first-order chi connectivity index (χ1) is 6.82. The van der Waals surface area contributed by atoms with Crippen LogP contribution in [-0.2, 0) is 0 Å². The molecule has 88 valence electrons. The number of hydrogen-bond acceptors (Lipinski definition) is 0.